The Morgan fingerprint density at radius 1 is 0.439 bits per heavy atom. The third-order valence-electron chi connectivity index (χ3n) is 9.88. The van der Waals surface area contributed by atoms with Gasteiger partial charge in [-0.1, -0.05) is 121 Å². The second-order valence-electron chi connectivity index (χ2n) is 13.5. The lowest BCUT2D eigenvalue weighted by Gasteiger charge is -2.15. The van der Waals surface area contributed by atoms with Gasteiger partial charge in [0, 0.05) is 23.3 Å². The van der Waals surface area contributed by atoms with Gasteiger partial charge in [0.15, 0.2) is 0 Å². The van der Waals surface area contributed by atoms with Gasteiger partial charge in [-0.25, -0.2) is 9.59 Å². The van der Waals surface area contributed by atoms with E-state index in [9.17, 15) is 9.59 Å². The molecule has 1 aliphatic heterocycles. The summed E-state index contributed by atoms with van der Waals surface area (Å²) in [6, 6.07) is 55.4. The monoisotopic (exact) mass is 742 g/mol. The summed E-state index contributed by atoms with van der Waals surface area (Å²) in [6.45, 7) is 0.114. The van der Waals surface area contributed by atoms with Crippen LogP contribution in [-0.2, 0) is 9.59 Å². The molecular formula is C51H34O6. The summed E-state index contributed by atoms with van der Waals surface area (Å²) in [7, 11) is 0. The number of carbonyl (C=O) groups is 2. The van der Waals surface area contributed by atoms with Crippen LogP contribution in [0.3, 0.4) is 0 Å². The Balaban J connectivity index is 0.969. The van der Waals surface area contributed by atoms with Crippen molar-refractivity contribution in [3.63, 3.8) is 0 Å². The average Bonchev–Trinajstić information content (AvgIpc) is 3.45. The van der Waals surface area contributed by atoms with E-state index >= 15 is 0 Å². The van der Waals surface area contributed by atoms with Crippen molar-refractivity contribution in [1.82, 2.24) is 0 Å². The predicted octanol–water partition coefficient (Wildman–Crippen LogP) is 12.0. The number of hydrogen-bond donors (Lipinski definition) is 0. The van der Waals surface area contributed by atoms with Gasteiger partial charge in [-0.3, -0.25) is 0 Å². The smallest absolute Gasteiger partial charge is 0.336 e. The number of fused-ring (bicyclic) bond motifs is 7. The van der Waals surface area contributed by atoms with E-state index in [0.717, 1.165) is 77.6 Å². The lowest BCUT2D eigenvalue weighted by Crippen LogP contribution is -2.03. The molecule has 1 aliphatic rings. The van der Waals surface area contributed by atoms with E-state index < -0.39 is 11.9 Å². The Bertz CT molecular complexity index is 2630. The third kappa shape index (κ3) is 7.66. The fourth-order valence-electron chi connectivity index (χ4n) is 7.07. The van der Waals surface area contributed by atoms with Crippen LogP contribution in [0.15, 0.2) is 182 Å². The lowest BCUT2D eigenvalue weighted by molar-refractivity contribution is -0.129. The van der Waals surface area contributed by atoms with Crippen LogP contribution in [0.5, 0.6) is 23.0 Å². The summed E-state index contributed by atoms with van der Waals surface area (Å²) >= 11 is 0. The minimum absolute atomic E-state index is 0.114. The molecule has 0 aliphatic carbocycles. The van der Waals surface area contributed by atoms with Gasteiger partial charge in [0.1, 0.15) is 23.0 Å². The molecule has 0 unspecified atom stereocenters. The maximum absolute atomic E-state index is 12.3. The summed E-state index contributed by atoms with van der Waals surface area (Å²) in [5.41, 5.74) is 8.04. The number of para-hydroxylation sites is 2. The number of carbonyl (C=O) groups excluding carboxylic acids is 2. The minimum atomic E-state index is -0.427. The highest BCUT2D eigenvalue weighted by Gasteiger charge is 2.22. The van der Waals surface area contributed by atoms with Gasteiger partial charge < -0.3 is 18.9 Å². The van der Waals surface area contributed by atoms with Gasteiger partial charge in [0.05, 0.1) is 0 Å². The highest BCUT2D eigenvalue weighted by molar-refractivity contribution is 6.11. The first-order valence-corrected chi connectivity index (χ1v) is 18.5. The van der Waals surface area contributed by atoms with Crippen LogP contribution in [0.25, 0.3) is 67.1 Å². The van der Waals surface area contributed by atoms with Gasteiger partial charge in [-0.15, -0.1) is 0 Å². The molecule has 0 N–H and O–H groups in total. The molecule has 0 amide bonds. The molecule has 0 fully saturated rings. The van der Waals surface area contributed by atoms with Crippen molar-refractivity contribution >= 4 is 45.6 Å². The highest BCUT2D eigenvalue weighted by Crippen LogP contribution is 2.48. The molecule has 0 saturated heterocycles. The third-order valence-corrected chi connectivity index (χ3v) is 9.88. The van der Waals surface area contributed by atoms with E-state index in [1.165, 1.54) is 12.2 Å². The topological polar surface area (TPSA) is 71.1 Å². The quantitative estimate of drug-likeness (QED) is 0.0877. The van der Waals surface area contributed by atoms with Crippen LogP contribution in [0, 0.1) is 0 Å². The van der Waals surface area contributed by atoms with Crippen LogP contribution in [0.4, 0.5) is 0 Å². The molecule has 9 rings (SSSR count). The largest absolute Gasteiger partial charge is 0.457 e. The molecular weight excluding hydrogens is 709 g/mol. The normalized spacial score (nSPS) is 12.1. The molecule has 6 heteroatoms. The summed E-state index contributed by atoms with van der Waals surface area (Å²) < 4.78 is 23.0. The molecule has 0 atom stereocenters. The van der Waals surface area contributed by atoms with Crippen LogP contribution in [0.2, 0.25) is 0 Å². The van der Waals surface area contributed by atoms with Crippen molar-refractivity contribution in [3.8, 4) is 56.4 Å². The van der Waals surface area contributed by atoms with Gasteiger partial charge in [0.25, 0.3) is 0 Å². The maximum atomic E-state index is 12.3. The second kappa shape index (κ2) is 15.6. The summed E-state index contributed by atoms with van der Waals surface area (Å²) in [5.74, 6) is 1.70. The predicted molar refractivity (Wildman–Crippen MR) is 226 cm³/mol. The van der Waals surface area contributed by atoms with E-state index in [-0.39, 0.29) is 6.79 Å². The first kappa shape index (κ1) is 35.0. The van der Waals surface area contributed by atoms with Crippen molar-refractivity contribution < 1.29 is 28.5 Å². The second-order valence-corrected chi connectivity index (χ2v) is 13.5. The summed E-state index contributed by atoms with van der Waals surface area (Å²) in [5, 5.41) is 4.28. The molecule has 0 saturated carbocycles. The molecule has 0 aromatic heterocycles. The standard InChI is InChI=1S/C51H34O6/c52-48(56-42-7-3-1-4-8-42)29-15-34-11-17-36(18-12-34)38-21-25-44-40(31-38)23-27-46-50(44)51-45-26-22-39(32-41(45)24-28-47(51)55-33-54-46)37-19-13-35(14-20-37)16-30-49(53)57-43-9-5-2-6-10-43/h1-32H,33H2/b29-15-,30-16-. The fourth-order valence-corrected chi connectivity index (χ4v) is 7.07. The number of rotatable bonds is 8. The highest BCUT2D eigenvalue weighted by atomic mass is 16.7. The van der Waals surface area contributed by atoms with Crippen molar-refractivity contribution in [1.29, 1.82) is 0 Å². The maximum Gasteiger partial charge on any atom is 0.336 e. The van der Waals surface area contributed by atoms with Crippen LogP contribution in [-0.4, -0.2) is 18.7 Å². The molecule has 6 nitrogen and oxygen atoms in total. The van der Waals surface area contributed by atoms with Crippen LogP contribution >= 0.6 is 0 Å². The van der Waals surface area contributed by atoms with Gasteiger partial charge in [-0.05, 0) is 116 Å². The van der Waals surface area contributed by atoms with E-state index in [4.69, 9.17) is 18.9 Å². The Labute approximate surface area is 329 Å². The molecule has 0 radical (unpaired) electrons. The van der Waals surface area contributed by atoms with Gasteiger partial charge in [-0.2, -0.15) is 0 Å². The number of benzene rings is 8. The summed E-state index contributed by atoms with van der Waals surface area (Å²) in [4.78, 5) is 24.6. The zero-order chi connectivity index (χ0) is 38.6. The van der Waals surface area contributed by atoms with E-state index in [1.54, 1.807) is 36.4 Å². The van der Waals surface area contributed by atoms with Crippen molar-refractivity contribution in [2.45, 2.75) is 0 Å². The van der Waals surface area contributed by atoms with E-state index in [2.05, 4.69) is 72.8 Å². The number of esters is 2. The lowest BCUT2D eigenvalue weighted by atomic mass is 9.90. The number of hydrogen-bond acceptors (Lipinski definition) is 6. The fraction of sp³-hybridized carbons (Fsp3) is 0.0196. The zero-order valence-electron chi connectivity index (χ0n) is 30.6. The van der Waals surface area contributed by atoms with Crippen molar-refractivity contribution in [2.75, 3.05) is 6.79 Å². The Morgan fingerprint density at radius 2 is 0.842 bits per heavy atom. The van der Waals surface area contributed by atoms with E-state index in [0.29, 0.717) is 11.5 Å². The molecule has 0 spiro atoms. The van der Waals surface area contributed by atoms with Crippen molar-refractivity contribution in [2.24, 2.45) is 0 Å². The average molecular weight is 743 g/mol. The minimum Gasteiger partial charge on any atom is -0.457 e. The van der Waals surface area contributed by atoms with Crippen LogP contribution in [0.1, 0.15) is 11.1 Å². The SMILES string of the molecule is O=C(/C=C\c1ccc(-c2ccc3c4c(ccc3c2)OCOc2ccc3cc(-c5ccc(/C=C\C(=O)Oc6ccccc6)cc5)ccc3c2-4)cc1)Oc1ccccc1. The first-order chi connectivity index (χ1) is 28.0. The molecule has 57 heavy (non-hydrogen) atoms. The van der Waals surface area contributed by atoms with Crippen LogP contribution < -0.4 is 18.9 Å². The molecule has 0 bridgehead atoms. The van der Waals surface area contributed by atoms with E-state index in [1.807, 2.05) is 72.8 Å². The molecule has 8 aromatic carbocycles. The Hall–Kier alpha value is -7.70. The molecule has 1 heterocycles. The Morgan fingerprint density at radius 3 is 1.26 bits per heavy atom. The van der Waals surface area contributed by atoms with Gasteiger partial charge in [0.2, 0.25) is 6.79 Å². The zero-order valence-corrected chi connectivity index (χ0v) is 30.6. The summed E-state index contributed by atoms with van der Waals surface area (Å²) in [6.07, 6.45) is 6.37. The first-order valence-electron chi connectivity index (χ1n) is 18.5. The van der Waals surface area contributed by atoms with Gasteiger partial charge >= 0.3 is 11.9 Å². The molecule has 274 valence electrons. The molecule has 8 aromatic rings. The van der Waals surface area contributed by atoms with Crippen molar-refractivity contribution in [3.05, 3.63) is 193 Å². The number of ether oxygens (including phenoxy) is 4. The Kier molecular flexibility index (Phi) is 9.57.